The summed E-state index contributed by atoms with van der Waals surface area (Å²) in [5.74, 6) is 1.89. The highest BCUT2D eigenvalue weighted by Gasteiger charge is 2.22. The average Bonchev–Trinajstić information content (AvgIpc) is 3.74. The molecule has 0 aliphatic rings. The van der Waals surface area contributed by atoms with E-state index in [0.29, 0.717) is 17.6 Å². The highest BCUT2D eigenvalue weighted by atomic mass is 32.1. The monoisotopic (exact) mass is 654 g/mol. The molecule has 0 unspecified atom stereocenters. The third kappa shape index (κ3) is 3.95. The van der Waals surface area contributed by atoms with Gasteiger partial charge in [-0.25, -0.2) is 4.98 Å². The first-order valence-corrected chi connectivity index (χ1v) is 17.6. The van der Waals surface area contributed by atoms with Crippen molar-refractivity contribution < 1.29 is 0 Å². The van der Waals surface area contributed by atoms with Crippen molar-refractivity contribution in [2.75, 3.05) is 0 Å². The Morgan fingerprint density at radius 1 is 0.420 bits per heavy atom. The molecule has 5 heteroatoms. The SMILES string of the molecule is c1ccc(-c2nc(-c3cc4sc5ccccc5c4c4ccccc34)nc(-n3c4ccc5ccccc5c4c4ccc5ccccc5c43)n2)cc1. The number of benzene rings is 8. The van der Waals surface area contributed by atoms with Crippen LogP contribution < -0.4 is 0 Å². The smallest absolute Gasteiger partial charge is 0.238 e. The molecule has 0 saturated heterocycles. The van der Waals surface area contributed by atoms with Gasteiger partial charge in [0.15, 0.2) is 11.6 Å². The van der Waals surface area contributed by atoms with E-state index < -0.39 is 0 Å². The molecule has 4 nitrogen and oxygen atoms in total. The summed E-state index contributed by atoms with van der Waals surface area (Å²) < 4.78 is 4.75. The van der Waals surface area contributed by atoms with Crippen LogP contribution in [0.25, 0.3) is 103 Å². The maximum absolute atomic E-state index is 5.41. The van der Waals surface area contributed by atoms with Crippen molar-refractivity contribution in [2.24, 2.45) is 0 Å². The molecular weight excluding hydrogens is 629 g/mol. The highest BCUT2D eigenvalue weighted by molar-refractivity contribution is 7.26. The van der Waals surface area contributed by atoms with Crippen LogP contribution >= 0.6 is 11.3 Å². The molecule has 0 N–H and O–H groups in total. The fourth-order valence-corrected chi connectivity index (χ4v) is 8.99. The number of nitrogens with zero attached hydrogens (tertiary/aromatic N) is 4. The van der Waals surface area contributed by atoms with Crippen LogP contribution in [0.2, 0.25) is 0 Å². The standard InChI is InChI=1S/C45H26N4S/c1-2-14-29(15-3-1)43-46-44(36-26-39-41(33-19-9-8-18-32(33)36)34-20-10-11-21-38(34)50-39)48-45(47-43)49-37-25-23-27-12-4-6-16-30(27)40(37)35-24-22-28-13-5-7-17-31(28)42(35)49/h1-26H. The summed E-state index contributed by atoms with van der Waals surface area (Å²) in [6, 6.07) is 56.0. The summed E-state index contributed by atoms with van der Waals surface area (Å²) in [6.07, 6.45) is 0. The minimum Gasteiger partial charge on any atom is -0.277 e. The molecule has 0 bridgehead atoms. The lowest BCUT2D eigenvalue weighted by Gasteiger charge is -2.13. The van der Waals surface area contributed by atoms with E-state index in [1.807, 2.05) is 29.5 Å². The van der Waals surface area contributed by atoms with Crippen molar-refractivity contribution in [1.82, 2.24) is 19.5 Å². The topological polar surface area (TPSA) is 43.6 Å². The molecule has 0 aliphatic heterocycles. The Morgan fingerprint density at radius 3 is 1.90 bits per heavy atom. The molecule has 3 heterocycles. The molecule has 0 fully saturated rings. The fraction of sp³-hybridized carbons (Fsp3) is 0. The summed E-state index contributed by atoms with van der Waals surface area (Å²) in [5, 5.41) is 12.0. The molecule has 0 saturated carbocycles. The van der Waals surface area contributed by atoms with Crippen molar-refractivity contribution >= 4 is 85.6 Å². The van der Waals surface area contributed by atoms with Crippen LogP contribution in [-0.4, -0.2) is 19.5 Å². The van der Waals surface area contributed by atoms with Gasteiger partial charge in [-0.15, -0.1) is 11.3 Å². The first-order valence-electron chi connectivity index (χ1n) is 16.8. The summed E-state index contributed by atoms with van der Waals surface area (Å²) in [7, 11) is 0. The third-order valence-corrected chi connectivity index (χ3v) is 11.1. The van der Waals surface area contributed by atoms with E-state index in [4.69, 9.17) is 15.0 Å². The zero-order chi connectivity index (χ0) is 32.8. The van der Waals surface area contributed by atoms with Crippen LogP contribution in [0, 0.1) is 0 Å². The zero-order valence-electron chi connectivity index (χ0n) is 26.7. The molecular formula is C45H26N4S. The minimum atomic E-state index is 0.598. The van der Waals surface area contributed by atoms with E-state index in [-0.39, 0.29) is 0 Å². The van der Waals surface area contributed by atoms with Gasteiger partial charge in [0.05, 0.1) is 11.0 Å². The normalized spacial score (nSPS) is 12.0. The molecule has 0 atom stereocenters. The van der Waals surface area contributed by atoms with Gasteiger partial charge in [0.25, 0.3) is 0 Å². The van der Waals surface area contributed by atoms with Crippen molar-refractivity contribution in [1.29, 1.82) is 0 Å². The molecule has 11 rings (SSSR count). The van der Waals surface area contributed by atoms with Gasteiger partial charge in [-0.05, 0) is 45.1 Å². The van der Waals surface area contributed by atoms with Crippen LogP contribution in [0.15, 0.2) is 158 Å². The molecule has 11 aromatic rings. The lowest BCUT2D eigenvalue weighted by molar-refractivity contribution is 0.956. The number of thiophene rings is 1. The highest BCUT2D eigenvalue weighted by Crippen LogP contribution is 2.43. The maximum atomic E-state index is 5.41. The largest absolute Gasteiger partial charge is 0.277 e. The van der Waals surface area contributed by atoms with Gasteiger partial charge < -0.3 is 0 Å². The van der Waals surface area contributed by atoms with Crippen LogP contribution in [0.4, 0.5) is 0 Å². The summed E-state index contributed by atoms with van der Waals surface area (Å²) in [6.45, 7) is 0. The van der Waals surface area contributed by atoms with Crippen LogP contribution in [0.5, 0.6) is 0 Å². The van der Waals surface area contributed by atoms with E-state index in [1.54, 1.807) is 0 Å². The van der Waals surface area contributed by atoms with E-state index in [9.17, 15) is 0 Å². The van der Waals surface area contributed by atoms with Crippen molar-refractivity contribution in [3.05, 3.63) is 158 Å². The Morgan fingerprint density at radius 2 is 1.06 bits per heavy atom. The van der Waals surface area contributed by atoms with E-state index >= 15 is 0 Å². The quantitative estimate of drug-likeness (QED) is 0.190. The first kappa shape index (κ1) is 27.5. The molecule has 50 heavy (non-hydrogen) atoms. The Bertz CT molecular complexity index is 3160. The van der Waals surface area contributed by atoms with Crippen LogP contribution in [-0.2, 0) is 0 Å². The molecule has 0 radical (unpaired) electrons. The van der Waals surface area contributed by atoms with Gasteiger partial charge in [0.1, 0.15) is 0 Å². The van der Waals surface area contributed by atoms with Gasteiger partial charge in [-0.1, -0.05) is 140 Å². The van der Waals surface area contributed by atoms with Gasteiger partial charge in [0, 0.05) is 47.5 Å². The third-order valence-electron chi connectivity index (χ3n) is 10.0. The number of hydrogen-bond donors (Lipinski definition) is 0. The average molecular weight is 655 g/mol. The number of hydrogen-bond acceptors (Lipinski definition) is 4. The zero-order valence-corrected chi connectivity index (χ0v) is 27.5. The van der Waals surface area contributed by atoms with Gasteiger partial charge >= 0.3 is 0 Å². The number of fused-ring (bicyclic) bond motifs is 12. The first-order chi connectivity index (χ1) is 24.8. The fourth-order valence-electron chi connectivity index (χ4n) is 7.83. The second-order valence-electron chi connectivity index (χ2n) is 12.8. The lowest BCUT2D eigenvalue weighted by Crippen LogP contribution is -2.06. The van der Waals surface area contributed by atoms with Crippen LogP contribution in [0.1, 0.15) is 0 Å². The molecule has 0 spiro atoms. The molecule has 0 aliphatic carbocycles. The van der Waals surface area contributed by atoms with E-state index in [1.165, 1.54) is 52.5 Å². The number of aromatic nitrogens is 4. The van der Waals surface area contributed by atoms with Crippen molar-refractivity contribution in [2.45, 2.75) is 0 Å². The minimum absolute atomic E-state index is 0.598. The summed E-state index contributed by atoms with van der Waals surface area (Å²) in [4.78, 5) is 15.9. The maximum Gasteiger partial charge on any atom is 0.238 e. The van der Waals surface area contributed by atoms with E-state index in [2.05, 4.69) is 144 Å². The van der Waals surface area contributed by atoms with E-state index in [0.717, 1.165) is 32.9 Å². The van der Waals surface area contributed by atoms with Crippen LogP contribution in [0.3, 0.4) is 0 Å². The Hall–Kier alpha value is -6.43. The predicted molar refractivity (Wildman–Crippen MR) is 210 cm³/mol. The summed E-state index contributed by atoms with van der Waals surface area (Å²) in [5.41, 5.74) is 4.10. The van der Waals surface area contributed by atoms with Crippen molar-refractivity contribution in [3.63, 3.8) is 0 Å². The van der Waals surface area contributed by atoms with Gasteiger partial charge in [-0.2, -0.15) is 9.97 Å². The predicted octanol–water partition coefficient (Wildman–Crippen LogP) is 12.1. The Balaban J connectivity index is 1.30. The second kappa shape index (κ2) is 10.5. The molecule has 0 amide bonds. The Labute approximate surface area is 290 Å². The Kier molecular flexibility index (Phi) is 5.80. The second-order valence-corrected chi connectivity index (χ2v) is 13.9. The van der Waals surface area contributed by atoms with Gasteiger partial charge in [0.2, 0.25) is 5.95 Å². The summed E-state index contributed by atoms with van der Waals surface area (Å²) >= 11 is 1.82. The molecule has 3 aromatic heterocycles. The molecule has 8 aromatic carbocycles. The lowest BCUT2D eigenvalue weighted by atomic mass is 9.99. The van der Waals surface area contributed by atoms with Crippen molar-refractivity contribution in [3.8, 4) is 28.7 Å². The molecule has 232 valence electrons. The van der Waals surface area contributed by atoms with Gasteiger partial charge in [-0.3, -0.25) is 4.57 Å². The number of rotatable bonds is 3.